The number of amides is 1. The first-order chi connectivity index (χ1) is 11.2. The zero-order valence-corrected chi connectivity index (χ0v) is 11.5. The van der Waals surface area contributed by atoms with Crippen molar-refractivity contribution >= 4 is 17.4 Å². The van der Waals surface area contributed by atoms with E-state index in [0.717, 1.165) is 12.3 Å². The Morgan fingerprint density at radius 3 is 2.46 bits per heavy atom. The van der Waals surface area contributed by atoms with Gasteiger partial charge in [0, 0.05) is 23.0 Å². The van der Waals surface area contributed by atoms with Crippen LogP contribution in [0, 0.1) is 0 Å². The maximum atomic E-state index is 12.6. The molecule has 0 spiro atoms. The van der Waals surface area contributed by atoms with E-state index in [1.54, 1.807) is 0 Å². The van der Waals surface area contributed by atoms with Gasteiger partial charge in [-0.25, -0.2) is 9.97 Å². The quantitative estimate of drug-likeness (QED) is 0.726. The maximum absolute atomic E-state index is 12.6. The highest BCUT2D eigenvalue weighted by Crippen LogP contribution is 2.38. The van der Waals surface area contributed by atoms with Gasteiger partial charge in [-0.15, -0.1) is 0 Å². The molecule has 0 bridgehead atoms. The smallest absolute Gasteiger partial charge is 0.321 e. The molecule has 1 aliphatic rings. The lowest BCUT2D eigenvalue weighted by molar-refractivity contribution is -0.145. The normalized spacial score (nSPS) is 13.0. The van der Waals surface area contributed by atoms with Crippen LogP contribution < -0.4 is 5.32 Å². The zero-order chi connectivity index (χ0) is 17.6. The number of anilines is 1. The molecule has 10 heteroatoms. The van der Waals surface area contributed by atoms with E-state index in [1.807, 2.05) is 5.32 Å². The van der Waals surface area contributed by atoms with Crippen LogP contribution in [0.15, 0.2) is 24.4 Å². The molecule has 1 aromatic heterocycles. The molecule has 0 aliphatic heterocycles. The number of fused-ring (bicyclic) bond motifs is 3. The summed E-state index contributed by atoms with van der Waals surface area (Å²) in [6, 6.07) is 3.67. The van der Waals surface area contributed by atoms with E-state index in [-0.39, 0.29) is 22.4 Å². The van der Waals surface area contributed by atoms with Crippen molar-refractivity contribution < 1.29 is 31.5 Å². The number of aromatic nitrogens is 2. The van der Waals surface area contributed by atoms with Crippen molar-refractivity contribution in [2.45, 2.75) is 12.6 Å². The highest BCUT2D eigenvalue weighted by Gasteiger charge is 2.38. The van der Waals surface area contributed by atoms with Crippen LogP contribution in [0.1, 0.15) is 21.9 Å². The van der Waals surface area contributed by atoms with Crippen molar-refractivity contribution in [2.24, 2.45) is 0 Å². The molecule has 0 saturated heterocycles. The lowest BCUT2D eigenvalue weighted by Crippen LogP contribution is -2.20. The van der Waals surface area contributed by atoms with Gasteiger partial charge in [0.15, 0.2) is 0 Å². The van der Waals surface area contributed by atoms with Crippen LogP contribution in [0.25, 0.3) is 11.1 Å². The summed E-state index contributed by atoms with van der Waals surface area (Å²) in [5, 5.41) is 1.90. The Morgan fingerprint density at radius 2 is 1.83 bits per heavy atom. The average molecular weight is 343 g/mol. The highest BCUT2D eigenvalue weighted by molar-refractivity contribution is 6.21. The van der Waals surface area contributed by atoms with Crippen LogP contribution in [-0.4, -0.2) is 28.1 Å². The largest absolute Gasteiger partial charge is 0.451 e. The lowest BCUT2D eigenvalue weighted by Gasteiger charge is -2.06. The van der Waals surface area contributed by atoms with Gasteiger partial charge in [0.05, 0.1) is 0 Å². The summed E-state index contributed by atoms with van der Waals surface area (Å²) in [5.41, 5.74) is -0.187. The fourth-order valence-electron chi connectivity index (χ4n) is 2.26. The van der Waals surface area contributed by atoms with Crippen LogP contribution in [0.4, 0.5) is 27.6 Å². The van der Waals surface area contributed by atoms with E-state index in [1.165, 1.54) is 12.1 Å². The molecule has 3 rings (SSSR count). The van der Waals surface area contributed by atoms with Gasteiger partial charge >= 0.3 is 12.6 Å². The van der Waals surface area contributed by atoms with Gasteiger partial charge in [-0.05, 0) is 17.7 Å². The molecule has 1 N–H and O–H groups in total. The second-order valence-electron chi connectivity index (χ2n) is 4.83. The summed E-state index contributed by atoms with van der Waals surface area (Å²) >= 11 is 0. The average Bonchev–Trinajstić information content (AvgIpc) is 2.79. The van der Waals surface area contributed by atoms with E-state index in [9.17, 15) is 31.5 Å². The van der Waals surface area contributed by atoms with Gasteiger partial charge in [-0.3, -0.25) is 9.59 Å². The Hall–Kier alpha value is -2.91. The SMILES string of the molecule is O=C1c2cc(NC(=O)C(F)F)ccc2-c2cnc(C(F)(F)F)nc21. The number of alkyl halides is 5. The first-order valence-electron chi connectivity index (χ1n) is 6.41. The van der Waals surface area contributed by atoms with Gasteiger partial charge < -0.3 is 5.32 Å². The Balaban J connectivity index is 2.01. The van der Waals surface area contributed by atoms with Crippen molar-refractivity contribution in [1.82, 2.24) is 9.97 Å². The third kappa shape index (κ3) is 2.59. The van der Waals surface area contributed by atoms with E-state index < -0.39 is 35.8 Å². The Kier molecular flexibility index (Phi) is 3.54. The van der Waals surface area contributed by atoms with Crippen LogP contribution >= 0.6 is 0 Å². The number of ketones is 1. The zero-order valence-electron chi connectivity index (χ0n) is 11.5. The number of nitrogens with zero attached hydrogens (tertiary/aromatic N) is 2. The number of carbonyl (C=O) groups is 2. The number of rotatable bonds is 2. The molecule has 1 amide bonds. The number of hydrogen-bond donors (Lipinski definition) is 1. The molecule has 124 valence electrons. The van der Waals surface area contributed by atoms with Gasteiger partial charge in [-0.2, -0.15) is 22.0 Å². The molecule has 5 nitrogen and oxygen atoms in total. The van der Waals surface area contributed by atoms with Crippen LogP contribution in [0.2, 0.25) is 0 Å². The summed E-state index contributed by atoms with van der Waals surface area (Å²) in [6.07, 6.45) is -7.17. The van der Waals surface area contributed by atoms with Crippen molar-refractivity contribution in [2.75, 3.05) is 5.32 Å². The summed E-state index contributed by atoms with van der Waals surface area (Å²) in [6.45, 7) is 0. The molecule has 1 heterocycles. The maximum Gasteiger partial charge on any atom is 0.451 e. The van der Waals surface area contributed by atoms with Crippen molar-refractivity contribution in [3.63, 3.8) is 0 Å². The fourth-order valence-corrected chi connectivity index (χ4v) is 2.26. The fraction of sp³-hybridized carbons (Fsp3) is 0.143. The van der Waals surface area contributed by atoms with Gasteiger partial charge in [-0.1, -0.05) is 6.07 Å². The van der Waals surface area contributed by atoms with Crippen molar-refractivity contribution in [1.29, 1.82) is 0 Å². The first-order valence-corrected chi connectivity index (χ1v) is 6.41. The van der Waals surface area contributed by atoms with E-state index in [4.69, 9.17) is 0 Å². The molecule has 0 radical (unpaired) electrons. The molecule has 0 atom stereocenters. The highest BCUT2D eigenvalue weighted by atomic mass is 19.4. The number of nitrogens with one attached hydrogen (secondary N) is 1. The van der Waals surface area contributed by atoms with Crippen molar-refractivity contribution in [3.05, 3.63) is 41.5 Å². The molecule has 0 saturated carbocycles. The van der Waals surface area contributed by atoms with Crippen LogP contribution in [0.3, 0.4) is 0 Å². The summed E-state index contributed by atoms with van der Waals surface area (Å²) < 4.78 is 62.4. The third-order valence-corrected chi connectivity index (χ3v) is 3.28. The second-order valence-corrected chi connectivity index (χ2v) is 4.83. The topological polar surface area (TPSA) is 72.0 Å². The minimum Gasteiger partial charge on any atom is -0.321 e. The second kappa shape index (κ2) is 5.32. The molecule has 0 fully saturated rings. The number of hydrogen-bond acceptors (Lipinski definition) is 4. The van der Waals surface area contributed by atoms with E-state index >= 15 is 0 Å². The number of carbonyl (C=O) groups excluding carboxylic acids is 2. The van der Waals surface area contributed by atoms with Crippen molar-refractivity contribution in [3.8, 4) is 11.1 Å². The third-order valence-electron chi connectivity index (χ3n) is 3.28. The molecule has 1 aromatic carbocycles. The molecular weight excluding hydrogens is 337 g/mol. The minimum atomic E-state index is -4.81. The number of halogens is 5. The van der Waals surface area contributed by atoms with E-state index in [2.05, 4.69) is 9.97 Å². The molecule has 2 aromatic rings. The van der Waals surface area contributed by atoms with Gasteiger partial charge in [0.2, 0.25) is 11.6 Å². The molecule has 0 unspecified atom stereocenters. The van der Waals surface area contributed by atoms with Gasteiger partial charge in [0.1, 0.15) is 5.69 Å². The van der Waals surface area contributed by atoms with Gasteiger partial charge in [0.25, 0.3) is 5.91 Å². The standard InChI is InChI=1S/C14H6F5N3O2/c15-11(16)12(24)21-5-1-2-6-7(3-5)10(23)9-8(6)4-20-13(22-9)14(17,18)19/h1-4,11H,(H,21,24). The summed E-state index contributed by atoms with van der Waals surface area (Å²) in [5.74, 6) is -3.81. The Labute approximate surface area is 130 Å². The molecule has 1 aliphatic carbocycles. The monoisotopic (exact) mass is 343 g/mol. The predicted octanol–water partition coefficient (Wildman–Crippen LogP) is 2.91. The van der Waals surface area contributed by atoms with Crippen LogP contribution in [0.5, 0.6) is 0 Å². The van der Waals surface area contributed by atoms with E-state index in [0.29, 0.717) is 0 Å². The summed E-state index contributed by atoms with van der Waals surface area (Å²) in [7, 11) is 0. The Bertz CT molecular complexity index is 864. The summed E-state index contributed by atoms with van der Waals surface area (Å²) in [4.78, 5) is 29.6. The Morgan fingerprint density at radius 1 is 1.12 bits per heavy atom. The van der Waals surface area contributed by atoms with Crippen LogP contribution in [-0.2, 0) is 11.0 Å². The number of benzene rings is 1. The molecular formula is C14H6F5N3O2. The lowest BCUT2D eigenvalue weighted by atomic mass is 10.1. The first kappa shape index (κ1) is 16.0. The predicted molar refractivity (Wildman–Crippen MR) is 70.5 cm³/mol. The minimum absolute atomic E-state index is 0.0503. The molecule has 24 heavy (non-hydrogen) atoms.